The first kappa shape index (κ1) is 16.7. The van der Waals surface area contributed by atoms with E-state index in [1.807, 2.05) is 11.3 Å². The van der Waals surface area contributed by atoms with E-state index < -0.39 is 0 Å². The molecule has 1 fully saturated rings. The molecule has 0 saturated heterocycles. The van der Waals surface area contributed by atoms with Crippen LogP contribution < -0.4 is 10.6 Å². The number of rotatable bonds is 5. The first-order valence-electron chi connectivity index (χ1n) is 8.67. The van der Waals surface area contributed by atoms with Crippen LogP contribution in [-0.4, -0.2) is 48.3 Å². The van der Waals surface area contributed by atoms with Gasteiger partial charge in [-0.05, 0) is 55.0 Å². The van der Waals surface area contributed by atoms with Crippen molar-refractivity contribution in [3.8, 4) is 0 Å². The van der Waals surface area contributed by atoms with E-state index in [1.165, 1.54) is 10.4 Å². The van der Waals surface area contributed by atoms with Crippen LogP contribution in [0.3, 0.4) is 0 Å². The SMILES string of the molecule is O=C(NCCN1CCc2sccc2C1)NC1CCC(CO)CC1. The highest BCUT2D eigenvalue weighted by atomic mass is 32.1. The van der Waals surface area contributed by atoms with Crippen molar-refractivity contribution in [3.63, 3.8) is 0 Å². The van der Waals surface area contributed by atoms with Gasteiger partial charge in [-0.3, -0.25) is 4.90 Å². The average Bonchev–Trinajstić information content (AvgIpc) is 3.03. The normalized spacial score (nSPS) is 24.9. The molecule has 0 radical (unpaired) electrons. The van der Waals surface area contributed by atoms with Gasteiger partial charge in [0.05, 0.1) is 0 Å². The molecule has 2 amide bonds. The van der Waals surface area contributed by atoms with Crippen LogP contribution in [0.2, 0.25) is 0 Å². The molecule has 3 rings (SSSR count). The summed E-state index contributed by atoms with van der Waals surface area (Å²) in [5.41, 5.74) is 1.45. The number of hydrogen-bond acceptors (Lipinski definition) is 4. The van der Waals surface area contributed by atoms with Crippen LogP contribution in [0.15, 0.2) is 11.4 Å². The van der Waals surface area contributed by atoms with E-state index in [-0.39, 0.29) is 18.7 Å². The van der Waals surface area contributed by atoms with Crippen molar-refractivity contribution in [1.82, 2.24) is 15.5 Å². The number of thiophene rings is 1. The zero-order chi connectivity index (χ0) is 16.1. The molecule has 1 aromatic rings. The molecule has 2 heterocycles. The van der Waals surface area contributed by atoms with Gasteiger partial charge in [-0.2, -0.15) is 0 Å². The Kier molecular flexibility index (Phi) is 5.91. The largest absolute Gasteiger partial charge is 0.396 e. The second-order valence-electron chi connectivity index (χ2n) is 6.70. The first-order chi connectivity index (χ1) is 11.2. The van der Waals surface area contributed by atoms with E-state index in [1.54, 1.807) is 0 Å². The third-order valence-corrected chi connectivity index (χ3v) is 6.06. The highest BCUT2D eigenvalue weighted by molar-refractivity contribution is 7.10. The lowest BCUT2D eigenvalue weighted by molar-refractivity contribution is 0.174. The smallest absolute Gasteiger partial charge is 0.315 e. The lowest BCUT2D eigenvalue weighted by atomic mass is 9.87. The van der Waals surface area contributed by atoms with Crippen molar-refractivity contribution >= 4 is 17.4 Å². The summed E-state index contributed by atoms with van der Waals surface area (Å²) in [4.78, 5) is 15.9. The molecule has 0 unspecified atom stereocenters. The Labute approximate surface area is 142 Å². The van der Waals surface area contributed by atoms with Crippen LogP contribution in [0.25, 0.3) is 0 Å². The Morgan fingerprint density at radius 1 is 1.35 bits per heavy atom. The van der Waals surface area contributed by atoms with Gasteiger partial charge in [0.15, 0.2) is 0 Å². The molecule has 6 heteroatoms. The Hall–Kier alpha value is -1.11. The second kappa shape index (κ2) is 8.13. The minimum Gasteiger partial charge on any atom is -0.396 e. The zero-order valence-electron chi connectivity index (χ0n) is 13.6. The number of urea groups is 1. The standard InChI is InChI=1S/C17H27N3O2S/c21-12-13-1-3-15(4-2-13)19-17(22)18-7-9-20-8-5-16-14(11-20)6-10-23-16/h6,10,13,15,21H,1-5,7-9,11-12H2,(H2,18,19,22). The predicted octanol–water partition coefficient (Wildman–Crippen LogP) is 1.96. The van der Waals surface area contributed by atoms with Gasteiger partial charge in [0, 0.05) is 43.7 Å². The zero-order valence-corrected chi connectivity index (χ0v) is 14.4. The highest BCUT2D eigenvalue weighted by Crippen LogP contribution is 2.24. The summed E-state index contributed by atoms with van der Waals surface area (Å²) >= 11 is 1.86. The van der Waals surface area contributed by atoms with Crippen LogP contribution in [-0.2, 0) is 13.0 Å². The fourth-order valence-electron chi connectivity index (χ4n) is 3.55. The van der Waals surface area contributed by atoms with Crippen LogP contribution in [0.4, 0.5) is 4.79 Å². The summed E-state index contributed by atoms with van der Waals surface area (Å²) < 4.78 is 0. The van der Waals surface area contributed by atoms with E-state index >= 15 is 0 Å². The third-order valence-electron chi connectivity index (χ3n) is 5.04. The van der Waals surface area contributed by atoms with Gasteiger partial charge in [0.2, 0.25) is 0 Å². The Morgan fingerprint density at radius 2 is 2.17 bits per heavy atom. The molecule has 1 saturated carbocycles. The van der Waals surface area contributed by atoms with Crippen LogP contribution >= 0.6 is 11.3 Å². The number of nitrogens with zero attached hydrogens (tertiary/aromatic N) is 1. The average molecular weight is 337 g/mol. The molecule has 0 atom stereocenters. The van der Waals surface area contributed by atoms with E-state index in [4.69, 9.17) is 5.11 Å². The molecule has 5 nitrogen and oxygen atoms in total. The molecule has 1 aromatic heterocycles. The number of hydrogen-bond donors (Lipinski definition) is 3. The van der Waals surface area contributed by atoms with E-state index in [2.05, 4.69) is 27.0 Å². The summed E-state index contributed by atoms with van der Waals surface area (Å²) in [7, 11) is 0. The first-order valence-corrected chi connectivity index (χ1v) is 9.55. The third kappa shape index (κ3) is 4.68. The minimum absolute atomic E-state index is 0.0503. The Balaban J connectivity index is 1.31. The molecule has 0 aromatic carbocycles. The summed E-state index contributed by atoms with van der Waals surface area (Å²) in [6.45, 7) is 3.97. The lowest BCUT2D eigenvalue weighted by Crippen LogP contribution is -2.46. The van der Waals surface area contributed by atoms with Gasteiger partial charge in [-0.25, -0.2) is 4.79 Å². The molecule has 1 aliphatic carbocycles. The number of aliphatic hydroxyl groups excluding tert-OH is 1. The molecule has 1 aliphatic heterocycles. The number of fused-ring (bicyclic) bond motifs is 1. The molecule has 3 N–H and O–H groups in total. The number of carbonyl (C=O) groups excluding carboxylic acids is 1. The maximum absolute atomic E-state index is 12.0. The van der Waals surface area contributed by atoms with Gasteiger partial charge in [-0.1, -0.05) is 0 Å². The van der Waals surface area contributed by atoms with Crippen LogP contribution in [0.1, 0.15) is 36.1 Å². The molecule has 0 spiro atoms. The summed E-state index contributed by atoms with van der Waals surface area (Å²) in [6.07, 6.45) is 5.11. The van der Waals surface area contributed by atoms with Gasteiger partial charge < -0.3 is 15.7 Å². The van der Waals surface area contributed by atoms with Crippen molar-refractivity contribution in [3.05, 3.63) is 21.9 Å². The van der Waals surface area contributed by atoms with E-state index in [9.17, 15) is 4.79 Å². The van der Waals surface area contributed by atoms with E-state index in [0.29, 0.717) is 12.5 Å². The number of aliphatic hydroxyl groups is 1. The minimum atomic E-state index is -0.0503. The number of carbonyl (C=O) groups is 1. The maximum atomic E-state index is 12.0. The molecular weight excluding hydrogens is 310 g/mol. The molecule has 23 heavy (non-hydrogen) atoms. The topological polar surface area (TPSA) is 64.6 Å². The summed E-state index contributed by atoms with van der Waals surface area (Å²) in [5.74, 6) is 0.428. The summed E-state index contributed by atoms with van der Waals surface area (Å²) in [5, 5.41) is 17.4. The van der Waals surface area contributed by atoms with Gasteiger partial charge >= 0.3 is 6.03 Å². The predicted molar refractivity (Wildman–Crippen MR) is 92.7 cm³/mol. The summed E-state index contributed by atoms with van der Waals surface area (Å²) in [6, 6.07) is 2.43. The van der Waals surface area contributed by atoms with Gasteiger partial charge in [0.1, 0.15) is 0 Å². The number of nitrogens with one attached hydrogen (secondary N) is 2. The molecule has 0 bridgehead atoms. The number of amides is 2. The fourth-order valence-corrected chi connectivity index (χ4v) is 4.44. The second-order valence-corrected chi connectivity index (χ2v) is 7.70. The molecular formula is C17H27N3O2S. The van der Waals surface area contributed by atoms with Crippen molar-refractivity contribution in [1.29, 1.82) is 0 Å². The van der Waals surface area contributed by atoms with E-state index in [0.717, 1.165) is 51.7 Å². The van der Waals surface area contributed by atoms with Gasteiger partial charge in [-0.15, -0.1) is 11.3 Å². The Bertz CT molecular complexity index is 512. The van der Waals surface area contributed by atoms with Crippen LogP contribution in [0.5, 0.6) is 0 Å². The maximum Gasteiger partial charge on any atom is 0.315 e. The Morgan fingerprint density at radius 3 is 2.96 bits per heavy atom. The fraction of sp³-hybridized carbons (Fsp3) is 0.706. The van der Waals surface area contributed by atoms with Crippen LogP contribution in [0, 0.1) is 5.92 Å². The highest BCUT2D eigenvalue weighted by Gasteiger charge is 2.22. The quantitative estimate of drug-likeness (QED) is 0.769. The lowest BCUT2D eigenvalue weighted by Gasteiger charge is -2.29. The van der Waals surface area contributed by atoms with Crippen molar-refractivity contribution in [2.24, 2.45) is 5.92 Å². The van der Waals surface area contributed by atoms with Crippen molar-refractivity contribution in [2.45, 2.75) is 44.7 Å². The van der Waals surface area contributed by atoms with Crippen molar-refractivity contribution < 1.29 is 9.90 Å². The molecule has 2 aliphatic rings. The molecule has 128 valence electrons. The van der Waals surface area contributed by atoms with Crippen molar-refractivity contribution in [2.75, 3.05) is 26.2 Å². The monoisotopic (exact) mass is 337 g/mol. The van der Waals surface area contributed by atoms with Gasteiger partial charge in [0.25, 0.3) is 0 Å².